The van der Waals surface area contributed by atoms with Crippen molar-refractivity contribution in [1.29, 1.82) is 0 Å². The van der Waals surface area contributed by atoms with E-state index in [1.807, 2.05) is 12.1 Å². The summed E-state index contributed by atoms with van der Waals surface area (Å²) < 4.78 is 5.59. The topological polar surface area (TPSA) is 106 Å². The van der Waals surface area contributed by atoms with E-state index in [1.54, 1.807) is 12.1 Å². The van der Waals surface area contributed by atoms with Crippen LogP contribution in [0.4, 0.5) is 0 Å². The molecule has 0 radical (unpaired) electrons. The van der Waals surface area contributed by atoms with Crippen molar-refractivity contribution in [1.82, 2.24) is 0 Å². The first kappa shape index (κ1) is 21.6. The van der Waals surface area contributed by atoms with Gasteiger partial charge in [-0.2, -0.15) is 0 Å². The van der Waals surface area contributed by atoms with Crippen LogP contribution >= 0.6 is 0 Å². The Labute approximate surface area is 125 Å². The number of aldehydes is 2. The van der Waals surface area contributed by atoms with Crippen LogP contribution in [0.5, 0.6) is 5.75 Å². The third-order valence-corrected chi connectivity index (χ3v) is 3.00. The summed E-state index contributed by atoms with van der Waals surface area (Å²) in [6.07, 6.45) is 9.28. The molecule has 0 unspecified atom stereocenters. The van der Waals surface area contributed by atoms with Crippen LogP contribution in [-0.2, 0) is 4.79 Å². The van der Waals surface area contributed by atoms with Crippen molar-refractivity contribution in [2.75, 3.05) is 6.61 Å². The molecule has 0 heterocycles. The van der Waals surface area contributed by atoms with Crippen LogP contribution in [0.15, 0.2) is 24.3 Å². The van der Waals surface area contributed by atoms with Crippen LogP contribution in [0.3, 0.4) is 0 Å². The molecule has 5 heteroatoms. The first-order chi connectivity index (χ1) is 9.36. The maximum Gasteiger partial charge on any atom is 0.150 e. The van der Waals surface area contributed by atoms with Gasteiger partial charge >= 0.3 is 0 Å². The molecule has 1 rings (SSSR count). The zero-order valence-electron chi connectivity index (χ0n) is 12.3. The Morgan fingerprint density at radius 2 is 1.38 bits per heavy atom. The standard InChI is InChI=1S/C16H22O3.2H2O/c17-12-6-4-2-1-3-5-7-13-19-16-10-8-15(14-18)9-11-16;;/h8-12,14H,1-7,13H2;2*1H2. The van der Waals surface area contributed by atoms with Gasteiger partial charge in [0.1, 0.15) is 18.3 Å². The molecule has 120 valence electrons. The molecule has 0 aliphatic rings. The molecule has 4 N–H and O–H groups in total. The van der Waals surface area contributed by atoms with E-state index < -0.39 is 0 Å². The maximum atomic E-state index is 10.5. The zero-order chi connectivity index (χ0) is 13.8. The molecule has 0 fully saturated rings. The molecule has 0 aliphatic heterocycles. The zero-order valence-corrected chi connectivity index (χ0v) is 12.3. The lowest BCUT2D eigenvalue weighted by Gasteiger charge is -2.06. The highest BCUT2D eigenvalue weighted by molar-refractivity contribution is 5.74. The molecule has 0 atom stereocenters. The van der Waals surface area contributed by atoms with E-state index >= 15 is 0 Å². The first-order valence-corrected chi connectivity index (χ1v) is 6.98. The highest BCUT2D eigenvalue weighted by Crippen LogP contribution is 2.12. The second-order valence-electron chi connectivity index (χ2n) is 4.61. The molecule has 21 heavy (non-hydrogen) atoms. The van der Waals surface area contributed by atoms with Gasteiger partial charge in [-0.15, -0.1) is 0 Å². The fourth-order valence-electron chi connectivity index (χ4n) is 1.87. The molecule has 0 amide bonds. The molecule has 0 bridgehead atoms. The van der Waals surface area contributed by atoms with Crippen LogP contribution in [0.1, 0.15) is 55.3 Å². The summed E-state index contributed by atoms with van der Waals surface area (Å²) in [5.74, 6) is 0.816. The summed E-state index contributed by atoms with van der Waals surface area (Å²) in [6.45, 7) is 0.717. The van der Waals surface area contributed by atoms with E-state index in [2.05, 4.69) is 0 Å². The SMILES string of the molecule is O.O.O=CCCCCCCCCOc1ccc(C=O)cc1. The molecule has 0 aromatic heterocycles. The summed E-state index contributed by atoms with van der Waals surface area (Å²) in [6, 6.07) is 7.16. The molecule has 1 aromatic rings. The van der Waals surface area contributed by atoms with E-state index in [0.717, 1.165) is 50.6 Å². The molecule has 0 aliphatic carbocycles. The summed E-state index contributed by atoms with van der Waals surface area (Å²) in [7, 11) is 0. The van der Waals surface area contributed by atoms with Gasteiger partial charge in [0.05, 0.1) is 6.61 Å². The van der Waals surface area contributed by atoms with E-state index in [-0.39, 0.29) is 11.0 Å². The Balaban J connectivity index is 0. The molecule has 0 saturated heterocycles. The average Bonchev–Trinajstić information content (AvgIpc) is 2.46. The molecular formula is C16H26O5. The monoisotopic (exact) mass is 298 g/mol. The number of hydrogen-bond donors (Lipinski definition) is 0. The summed E-state index contributed by atoms with van der Waals surface area (Å²) >= 11 is 0. The van der Waals surface area contributed by atoms with Gasteiger partial charge in [0.25, 0.3) is 0 Å². The molecule has 5 nitrogen and oxygen atoms in total. The lowest BCUT2D eigenvalue weighted by Crippen LogP contribution is -1.97. The van der Waals surface area contributed by atoms with Crippen molar-refractivity contribution < 1.29 is 25.3 Å². The van der Waals surface area contributed by atoms with E-state index in [4.69, 9.17) is 4.74 Å². The number of rotatable bonds is 11. The number of unbranched alkanes of at least 4 members (excludes halogenated alkanes) is 6. The quantitative estimate of drug-likeness (QED) is 0.461. The lowest BCUT2D eigenvalue weighted by molar-refractivity contribution is -0.107. The second kappa shape index (κ2) is 14.7. The first-order valence-electron chi connectivity index (χ1n) is 6.98. The van der Waals surface area contributed by atoms with Gasteiger partial charge < -0.3 is 20.5 Å². The predicted molar refractivity (Wildman–Crippen MR) is 82.9 cm³/mol. The van der Waals surface area contributed by atoms with E-state index in [1.165, 1.54) is 12.8 Å². The van der Waals surface area contributed by atoms with E-state index in [0.29, 0.717) is 12.0 Å². The minimum Gasteiger partial charge on any atom is -0.494 e. The van der Waals surface area contributed by atoms with Crippen LogP contribution in [0.25, 0.3) is 0 Å². The highest BCUT2D eigenvalue weighted by atomic mass is 16.5. The summed E-state index contributed by atoms with van der Waals surface area (Å²) in [5.41, 5.74) is 0.669. The Bertz CT molecular complexity index is 361. The number of benzene rings is 1. The van der Waals surface area contributed by atoms with Crippen molar-refractivity contribution in [3.63, 3.8) is 0 Å². The number of hydrogen-bond acceptors (Lipinski definition) is 3. The Morgan fingerprint density at radius 3 is 1.95 bits per heavy atom. The minimum absolute atomic E-state index is 0. The van der Waals surface area contributed by atoms with Crippen LogP contribution in [0, 0.1) is 0 Å². The second-order valence-corrected chi connectivity index (χ2v) is 4.61. The van der Waals surface area contributed by atoms with Crippen LogP contribution in [-0.4, -0.2) is 30.1 Å². The Morgan fingerprint density at radius 1 is 0.810 bits per heavy atom. The van der Waals surface area contributed by atoms with Gasteiger partial charge in [0.15, 0.2) is 0 Å². The van der Waals surface area contributed by atoms with E-state index in [9.17, 15) is 9.59 Å². The van der Waals surface area contributed by atoms with Gasteiger partial charge in [-0.3, -0.25) is 4.79 Å². The minimum atomic E-state index is 0. The third-order valence-electron chi connectivity index (χ3n) is 3.00. The van der Waals surface area contributed by atoms with Crippen LogP contribution < -0.4 is 4.74 Å². The van der Waals surface area contributed by atoms with Crippen molar-refractivity contribution in [2.24, 2.45) is 0 Å². The normalized spacial score (nSPS) is 9.14. The average molecular weight is 298 g/mol. The smallest absolute Gasteiger partial charge is 0.150 e. The Kier molecular flexibility index (Phi) is 15.1. The van der Waals surface area contributed by atoms with Crippen molar-refractivity contribution in [3.8, 4) is 5.75 Å². The summed E-state index contributed by atoms with van der Waals surface area (Å²) in [4.78, 5) is 20.6. The van der Waals surface area contributed by atoms with Gasteiger partial charge in [-0.25, -0.2) is 0 Å². The largest absolute Gasteiger partial charge is 0.494 e. The predicted octanol–water partition coefficient (Wildman–Crippen LogP) is 2.16. The van der Waals surface area contributed by atoms with Crippen molar-refractivity contribution >= 4 is 12.6 Å². The maximum absolute atomic E-state index is 10.5. The highest BCUT2D eigenvalue weighted by Gasteiger charge is 1.95. The van der Waals surface area contributed by atoms with Gasteiger partial charge in [-0.05, 0) is 37.1 Å². The lowest BCUT2D eigenvalue weighted by atomic mass is 10.1. The molecule has 1 aromatic carbocycles. The van der Waals surface area contributed by atoms with Crippen molar-refractivity contribution in [3.05, 3.63) is 29.8 Å². The third kappa shape index (κ3) is 10.7. The number of carbonyl (C=O) groups excluding carboxylic acids is 2. The molecular weight excluding hydrogens is 272 g/mol. The fraction of sp³-hybridized carbons (Fsp3) is 0.500. The summed E-state index contributed by atoms with van der Waals surface area (Å²) in [5, 5.41) is 0. The van der Waals surface area contributed by atoms with Crippen molar-refractivity contribution in [2.45, 2.75) is 44.9 Å². The van der Waals surface area contributed by atoms with Gasteiger partial charge in [0.2, 0.25) is 0 Å². The number of ether oxygens (including phenoxy) is 1. The van der Waals surface area contributed by atoms with Crippen LogP contribution in [0.2, 0.25) is 0 Å². The van der Waals surface area contributed by atoms with Gasteiger partial charge in [-0.1, -0.05) is 25.7 Å². The number of carbonyl (C=O) groups is 2. The molecule has 0 saturated carbocycles. The Hall–Kier alpha value is -1.72. The van der Waals surface area contributed by atoms with Gasteiger partial charge in [0, 0.05) is 12.0 Å². The fourth-order valence-corrected chi connectivity index (χ4v) is 1.87. The molecule has 0 spiro atoms.